The molecule has 16 heavy (non-hydrogen) atoms. The van der Waals surface area contributed by atoms with E-state index in [-0.39, 0.29) is 0 Å². The van der Waals surface area contributed by atoms with Crippen molar-refractivity contribution < 1.29 is 9.53 Å². The lowest BCUT2D eigenvalue weighted by Crippen LogP contribution is -2.49. The number of nitrogens with zero attached hydrogens (tertiary/aromatic N) is 2. The fourth-order valence-electron chi connectivity index (χ4n) is 1.31. The average Bonchev–Trinajstić information content (AvgIpc) is 2.43. The maximum absolute atomic E-state index is 11.5. The molecule has 0 bridgehead atoms. The molecule has 1 unspecified atom stereocenters. The highest BCUT2D eigenvalue weighted by Gasteiger charge is 2.31. The minimum atomic E-state index is -1.08. The second-order valence-corrected chi connectivity index (χ2v) is 5.24. The summed E-state index contributed by atoms with van der Waals surface area (Å²) in [6.45, 7) is 3.76. The molecule has 90 valence electrons. The van der Waals surface area contributed by atoms with Gasteiger partial charge in [0.25, 0.3) is 0 Å². The summed E-state index contributed by atoms with van der Waals surface area (Å²) >= 11 is 6.66. The van der Waals surface area contributed by atoms with Crippen molar-refractivity contribution in [3.05, 3.63) is 15.0 Å². The predicted octanol–water partition coefficient (Wildman–Crippen LogP) is 1.61. The quantitative estimate of drug-likeness (QED) is 0.837. The van der Waals surface area contributed by atoms with Gasteiger partial charge >= 0.3 is 5.97 Å². The largest absolute Gasteiger partial charge is 0.468 e. The van der Waals surface area contributed by atoms with E-state index < -0.39 is 11.5 Å². The van der Waals surface area contributed by atoms with Gasteiger partial charge in [0.05, 0.1) is 13.7 Å². The number of carbonyl (C=O) groups is 1. The molecule has 1 rings (SSSR count). The Morgan fingerprint density at radius 3 is 2.56 bits per heavy atom. The molecule has 1 atom stereocenters. The molecule has 0 aromatic carbocycles. The summed E-state index contributed by atoms with van der Waals surface area (Å²) in [5, 5.41) is 0. The highest BCUT2D eigenvalue weighted by atomic mass is 79.9. The predicted molar refractivity (Wildman–Crippen MR) is 67.0 cm³/mol. The molecule has 0 spiro atoms. The van der Waals surface area contributed by atoms with Gasteiger partial charge in [-0.2, -0.15) is 0 Å². The van der Waals surface area contributed by atoms with Crippen LogP contribution < -0.4 is 5.73 Å². The number of nitrogens with two attached hydrogens (primary N) is 1. The van der Waals surface area contributed by atoms with Crippen LogP contribution in [-0.2, 0) is 16.1 Å². The lowest BCUT2D eigenvalue weighted by atomic mass is 10.0. The molecule has 1 heterocycles. The molecule has 0 saturated heterocycles. The number of rotatable bonds is 3. The number of halogens is 2. The summed E-state index contributed by atoms with van der Waals surface area (Å²) in [5.74, 6) is 0.308. The molecule has 5 nitrogen and oxygen atoms in total. The minimum Gasteiger partial charge on any atom is -0.468 e. The van der Waals surface area contributed by atoms with Crippen molar-refractivity contribution in [1.82, 2.24) is 9.55 Å². The SMILES string of the molecule is COC(=O)C(C)(N)Cn1c(C)nc(Br)c1Br. The van der Waals surface area contributed by atoms with Crippen LogP contribution in [0.1, 0.15) is 12.7 Å². The molecule has 0 fully saturated rings. The van der Waals surface area contributed by atoms with Gasteiger partial charge in [0.1, 0.15) is 20.6 Å². The first kappa shape index (κ1) is 13.7. The number of esters is 1. The number of hydrogen-bond donors (Lipinski definition) is 1. The van der Waals surface area contributed by atoms with Crippen molar-refractivity contribution in [3.8, 4) is 0 Å². The Morgan fingerprint density at radius 1 is 1.62 bits per heavy atom. The van der Waals surface area contributed by atoms with E-state index >= 15 is 0 Å². The Kier molecular flexibility index (Phi) is 4.14. The highest BCUT2D eigenvalue weighted by Crippen LogP contribution is 2.25. The van der Waals surface area contributed by atoms with Crippen molar-refractivity contribution in [1.29, 1.82) is 0 Å². The monoisotopic (exact) mass is 353 g/mol. The molecule has 0 aliphatic rings. The summed E-state index contributed by atoms with van der Waals surface area (Å²) in [7, 11) is 1.32. The molecule has 1 aromatic rings. The lowest BCUT2D eigenvalue weighted by Gasteiger charge is -2.23. The van der Waals surface area contributed by atoms with Crippen molar-refractivity contribution in [3.63, 3.8) is 0 Å². The van der Waals surface area contributed by atoms with Crippen molar-refractivity contribution in [2.24, 2.45) is 5.73 Å². The van der Waals surface area contributed by atoms with Gasteiger partial charge < -0.3 is 15.0 Å². The van der Waals surface area contributed by atoms with Gasteiger partial charge in [-0.05, 0) is 45.7 Å². The molecule has 0 aliphatic carbocycles. The maximum Gasteiger partial charge on any atom is 0.327 e. The number of hydrogen-bond acceptors (Lipinski definition) is 4. The van der Waals surface area contributed by atoms with E-state index in [1.54, 1.807) is 11.5 Å². The average molecular weight is 355 g/mol. The summed E-state index contributed by atoms with van der Waals surface area (Å²) in [6.07, 6.45) is 0. The van der Waals surface area contributed by atoms with Crippen LogP contribution in [0.15, 0.2) is 9.21 Å². The second kappa shape index (κ2) is 4.85. The van der Waals surface area contributed by atoms with Gasteiger partial charge in [0.2, 0.25) is 0 Å². The summed E-state index contributed by atoms with van der Waals surface area (Å²) in [6, 6.07) is 0. The van der Waals surface area contributed by atoms with Gasteiger partial charge in [-0.25, -0.2) is 4.98 Å². The molecular formula is C9H13Br2N3O2. The second-order valence-electron chi connectivity index (χ2n) is 3.74. The topological polar surface area (TPSA) is 70.1 Å². The van der Waals surface area contributed by atoms with E-state index in [1.807, 2.05) is 6.92 Å². The van der Waals surface area contributed by atoms with Crippen LogP contribution in [-0.4, -0.2) is 28.2 Å². The zero-order valence-electron chi connectivity index (χ0n) is 9.25. The van der Waals surface area contributed by atoms with E-state index in [0.29, 0.717) is 11.1 Å². The van der Waals surface area contributed by atoms with E-state index in [4.69, 9.17) is 5.73 Å². The van der Waals surface area contributed by atoms with Gasteiger partial charge in [-0.1, -0.05) is 0 Å². The normalized spacial score (nSPS) is 14.6. The molecule has 1 aromatic heterocycles. The van der Waals surface area contributed by atoms with Gasteiger partial charge in [0, 0.05) is 0 Å². The Hall–Kier alpha value is -0.400. The molecular weight excluding hydrogens is 342 g/mol. The molecule has 2 N–H and O–H groups in total. The van der Waals surface area contributed by atoms with Crippen LogP contribution in [0, 0.1) is 6.92 Å². The third-order valence-corrected chi connectivity index (χ3v) is 4.08. The van der Waals surface area contributed by atoms with Crippen LogP contribution in [0.25, 0.3) is 0 Å². The number of aryl methyl sites for hydroxylation is 1. The van der Waals surface area contributed by atoms with Gasteiger partial charge in [0.15, 0.2) is 0 Å². The zero-order valence-corrected chi connectivity index (χ0v) is 12.4. The van der Waals surface area contributed by atoms with Crippen LogP contribution in [0.5, 0.6) is 0 Å². The molecule has 7 heteroatoms. The zero-order chi connectivity index (χ0) is 12.5. The summed E-state index contributed by atoms with van der Waals surface area (Å²) < 4.78 is 7.90. The number of methoxy groups -OCH3 is 1. The first-order valence-corrected chi connectivity index (χ1v) is 6.13. The lowest BCUT2D eigenvalue weighted by molar-refractivity contribution is -0.146. The molecule has 0 radical (unpaired) electrons. The third kappa shape index (κ3) is 2.64. The van der Waals surface area contributed by atoms with Gasteiger partial charge in [-0.3, -0.25) is 4.79 Å². The smallest absolute Gasteiger partial charge is 0.327 e. The fraction of sp³-hybridized carbons (Fsp3) is 0.556. The van der Waals surface area contributed by atoms with E-state index in [0.717, 1.165) is 10.4 Å². The Balaban J connectivity index is 3.00. The Morgan fingerprint density at radius 2 is 2.19 bits per heavy atom. The van der Waals surface area contributed by atoms with Crippen LogP contribution in [0.3, 0.4) is 0 Å². The van der Waals surface area contributed by atoms with Crippen LogP contribution in [0.4, 0.5) is 0 Å². The molecule has 0 aliphatic heterocycles. The van der Waals surface area contributed by atoms with Crippen molar-refractivity contribution >= 4 is 37.8 Å². The summed E-state index contributed by atoms with van der Waals surface area (Å²) in [5.41, 5.74) is 4.81. The Labute approximate surface area is 111 Å². The molecule has 0 saturated carbocycles. The first-order chi connectivity index (χ1) is 7.29. The van der Waals surface area contributed by atoms with Gasteiger partial charge in [-0.15, -0.1) is 0 Å². The van der Waals surface area contributed by atoms with E-state index in [9.17, 15) is 4.79 Å². The first-order valence-electron chi connectivity index (χ1n) is 4.55. The van der Waals surface area contributed by atoms with Crippen LogP contribution in [0.2, 0.25) is 0 Å². The van der Waals surface area contributed by atoms with Crippen LogP contribution >= 0.6 is 31.9 Å². The molecule has 0 amide bonds. The highest BCUT2D eigenvalue weighted by molar-refractivity contribution is 9.13. The fourth-order valence-corrected chi connectivity index (χ4v) is 2.25. The third-order valence-electron chi connectivity index (χ3n) is 2.20. The summed E-state index contributed by atoms with van der Waals surface area (Å²) in [4.78, 5) is 15.7. The number of imidazole rings is 1. The number of ether oxygens (including phenoxy) is 1. The Bertz CT molecular complexity index is 415. The van der Waals surface area contributed by atoms with Crippen molar-refractivity contribution in [2.45, 2.75) is 25.9 Å². The minimum absolute atomic E-state index is 0.296. The van der Waals surface area contributed by atoms with E-state index in [1.165, 1.54) is 7.11 Å². The van der Waals surface area contributed by atoms with Crippen molar-refractivity contribution in [2.75, 3.05) is 7.11 Å². The van der Waals surface area contributed by atoms with E-state index in [2.05, 4.69) is 41.6 Å². The number of aromatic nitrogens is 2. The number of carbonyl (C=O) groups excluding carboxylic acids is 1. The maximum atomic E-state index is 11.5. The standard InChI is InChI=1S/C9H13Br2N3O2/c1-5-13-6(10)7(11)14(5)4-9(2,12)8(15)16-3/h4,12H2,1-3H3.